The third kappa shape index (κ3) is 3.38. The molecule has 0 bridgehead atoms. The van der Waals surface area contributed by atoms with Crippen molar-refractivity contribution < 1.29 is 13.9 Å². The average molecular weight is 406 g/mol. The van der Waals surface area contributed by atoms with Gasteiger partial charge in [0.15, 0.2) is 5.75 Å². The van der Waals surface area contributed by atoms with Crippen LogP contribution in [0.25, 0.3) is 5.65 Å². The molecular formula is C21H19FN6O2. The smallest absolute Gasteiger partial charge is 0.210 e. The van der Waals surface area contributed by atoms with E-state index in [1.807, 2.05) is 25.1 Å². The van der Waals surface area contributed by atoms with Gasteiger partial charge in [-0.15, -0.1) is 10.2 Å². The Labute approximate surface area is 171 Å². The largest absolute Gasteiger partial charge is 0.493 e. The van der Waals surface area contributed by atoms with Gasteiger partial charge >= 0.3 is 0 Å². The average Bonchev–Trinajstić information content (AvgIpc) is 3.42. The van der Waals surface area contributed by atoms with Crippen LogP contribution in [0.1, 0.15) is 22.5 Å². The van der Waals surface area contributed by atoms with E-state index in [-0.39, 0.29) is 12.4 Å². The zero-order valence-corrected chi connectivity index (χ0v) is 16.3. The fourth-order valence-electron chi connectivity index (χ4n) is 3.54. The Balaban J connectivity index is 1.36. The molecule has 0 radical (unpaired) electrons. The van der Waals surface area contributed by atoms with Gasteiger partial charge in [-0.1, -0.05) is 6.07 Å². The molecular weight excluding hydrogens is 387 g/mol. The van der Waals surface area contributed by atoms with Gasteiger partial charge in [-0.25, -0.2) is 13.8 Å². The van der Waals surface area contributed by atoms with Gasteiger partial charge in [0.2, 0.25) is 11.6 Å². The Bertz CT molecular complexity index is 1230. The highest BCUT2D eigenvalue weighted by molar-refractivity contribution is 5.56. The minimum Gasteiger partial charge on any atom is -0.493 e. The fraction of sp³-hybridized carbons (Fsp3) is 0.238. The van der Waals surface area contributed by atoms with Crippen LogP contribution in [0.4, 0.5) is 10.3 Å². The molecule has 1 aromatic carbocycles. The monoisotopic (exact) mass is 406 g/mol. The van der Waals surface area contributed by atoms with E-state index >= 15 is 0 Å². The van der Waals surface area contributed by atoms with Crippen molar-refractivity contribution in [2.45, 2.75) is 26.5 Å². The molecule has 5 rings (SSSR count). The number of rotatable bonds is 6. The molecule has 30 heavy (non-hydrogen) atoms. The highest BCUT2D eigenvalue weighted by atomic mass is 19.1. The van der Waals surface area contributed by atoms with E-state index in [0.717, 1.165) is 22.7 Å². The fourth-order valence-corrected chi connectivity index (χ4v) is 3.54. The quantitative estimate of drug-likeness (QED) is 0.527. The molecule has 0 fully saturated rings. The number of hydrogen-bond donors (Lipinski definition) is 1. The standard InChI is InChI=1S/C21H19FN6O2/c1-13-3-2-4-14(26-13)11-30-19-10-24-21(28-12-25-27-20(19)28)23-9-16-15-7-8-29-18(15)6-5-17(16)22/h2-6,10,12H,7-9,11H2,1H3,(H,23,24). The number of nitrogens with zero attached hydrogens (tertiary/aromatic N) is 5. The van der Waals surface area contributed by atoms with Gasteiger partial charge in [0, 0.05) is 29.8 Å². The number of hydrogen-bond acceptors (Lipinski definition) is 7. The number of aryl methyl sites for hydroxylation is 1. The van der Waals surface area contributed by atoms with Gasteiger partial charge in [0.1, 0.15) is 24.5 Å². The first-order chi connectivity index (χ1) is 14.7. The van der Waals surface area contributed by atoms with Crippen LogP contribution in [0.15, 0.2) is 42.9 Å². The Morgan fingerprint density at radius 3 is 3.10 bits per heavy atom. The van der Waals surface area contributed by atoms with Crippen molar-refractivity contribution in [3.05, 3.63) is 71.2 Å². The molecule has 0 unspecified atom stereocenters. The van der Waals surface area contributed by atoms with Crippen LogP contribution in [0, 0.1) is 12.7 Å². The maximum Gasteiger partial charge on any atom is 0.210 e. The topological polar surface area (TPSA) is 86.5 Å². The number of ether oxygens (including phenoxy) is 2. The number of aromatic nitrogens is 5. The molecule has 0 aliphatic carbocycles. The van der Waals surface area contributed by atoms with Crippen LogP contribution in [-0.2, 0) is 19.6 Å². The summed E-state index contributed by atoms with van der Waals surface area (Å²) in [4.78, 5) is 8.85. The Kier molecular flexibility index (Phi) is 4.62. The second-order valence-electron chi connectivity index (χ2n) is 6.98. The lowest BCUT2D eigenvalue weighted by Crippen LogP contribution is -2.10. The molecule has 1 aliphatic rings. The van der Waals surface area contributed by atoms with Crippen molar-refractivity contribution in [3.63, 3.8) is 0 Å². The molecule has 1 aliphatic heterocycles. The van der Waals surface area contributed by atoms with Crippen molar-refractivity contribution in [1.82, 2.24) is 24.6 Å². The van der Waals surface area contributed by atoms with Crippen LogP contribution < -0.4 is 14.8 Å². The molecule has 0 saturated carbocycles. The summed E-state index contributed by atoms with van der Waals surface area (Å²) in [5.74, 6) is 1.45. The molecule has 3 aromatic heterocycles. The second kappa shape index (κ2) is 7.58. The van der Waals surface area contributed by atoms with E-state index in [2.05, 4.69) is 25.5 Å². The molecule has 0 saturated heterocycles. The molecule has 152 valence electrons. The van der Waals surface area contributed by atoms with Crippen LogP contribution in [-0.4, -0.2) is 31.2 Å². The lowest BCUT2D eigenvalue weighted by atomic mass is 10.0. The van der Waals surface area contributed by atoms with Gasteiger partial charge in [-0.05, 0) is 31.2 Å². The molecule has 4 heterocycles. The molecule has 0 spiro atoms. The molecule has 0 amide bonds. The number of anilines is 1. The second-order valence-corrected chi connectivity index (χ2v) is 6.98. The molecule has 4 aromatic rings. The van der Waals surface area contributed by atoms with Gasteiger partial charge in [0.05, 0.1) is 18.5 Å². The number of nitrogens with one attached hydrogen (secondary N) is 1. The predicted molar refractivity (Wildman–Crippen MR) is 107 cm³/mol. The van der Waals surface area contributed by atoms with E-state index in [1.54, 1.807) is 16.7 Å². The number of benzene rings is 1. The van der Waals surface area contributed by atoms with E-state index in [1.165, 1.54) is 12.4 Å². The first kappa shape index (κ1) is 18.3. The first-order valence-corrected chi connectivity index (χ1v) is 9.60. The van der Waals surface area contributed by atoms with Crippen LogP contribution in [0.2, 0.25) is 0 Å². The Hall–Kier alpha value is -3.75. The van der Waals surface area contributed by atoms with Crippen molar-refractivity contribution >= 4 is 11.6 Å². The van der Waals surface area contributed by atoms with E-state index < -0.39 is 0 Å². The highest BCUT2D eigenvalue weighted by Gasteiger charge is 2.20. The minimum atomic E-state index is -0.266. The summed E-state index contributed by atoms with van der Waals surface area (Å²) in [6, 6.07) is 8.86. The van der Waals surface area contributed by atoms with Crippen LogP contribution in [0.3, 0.4) is 0 Å². The van der Waals surface area contributed by atoms with Gasteiger partial charge < -0.3 is 14.8 Å². The molecule has 1 N–H and O–H groups in total. The summed E-state index contributed by atoms with van der Waals surface area (Å²) in [6.45, 7) is 3.06. The zero-order valence-electron chi connectivity index (χ0n) is 16.3. The van der Waals surface area contributed by atoms with Crippen LogP contribution >= 0.6 is 0 Å². The maximum atomic E-state index is 14.4. The van der Waals surface area contributed by atoms with Crippen molar-refractivity contribution in [2.24, 2.45) is 0 Å². The van der Waals surface area contributed by atoms with E-state index in [9.17, 15) is 4.39 Å². The zero-order chi connectivity index (χ0) is 20.5. The summed E-state index contributed by atoms with van der Waals surface area (Å²) in [6.07, 6.45) is 3.81. The number of pyridine rings is 1. The number of fused-ring (bicyclic) bond motifs is 2. The summed E-state index contributed by atoms with van der Waals surface area (Å²) in [7, 11) is 0. The summed E-state index contributed by atoms with van der Waals surface area (Å²) < 4.78 is 27.5. The third-order valence-corrected chi connectivity index (χ3v) is 4.99. The molecule has 8 nitrogen and oxygen atoms in total. The van der Waals surface area contributed by atoms with Gasteiger partial charge in [-0.3, -0.25) is 4.98 Å². The normalized spacial score (nSPS) is 12.6. The lowest BCUT2D eigenvalue weighted by Gasteiger charge is -2.13. The van der Waals surface area contributed by atoms with Crippen molar-refractivity contribution in [3.8, 4) is 11.5 Å². The van der Waals surface area contributed by atoms with E-state index in [0.29, 0.717) is 42.5 Å². The van der Waals surface area contributed by atoms with Gasteiger partial charge in [-0.2, -0.15) is 0 Å². The Morgan fingerprint density at radius 1 is 1.27 bits per heavy atom. The lowest BCUT2D eigenvalue weighted by molar-refractivity contribution is 0.301. The predicted octanol–water partition coefficient (Wildman–Crippen LogP) is 3.09. The third-order valence-electron chi connectivity index (χ3n) is 4.99. The van der Waals surface area contributed by atoms with Crippen molar-refractivity contribution in [2.75, 3.05) is 11.9 Å². The van der Waals surface area contributed by atoms with Crippen LogP contribution in [0.5, 0.6) is 11.5 Å². The summed E-state index contributed by atoms with van der Waals surface area (Å²) in [5, 5.41) is 11.3. The minimum absolute atomic E-state index is 0.266. The summed E-state index contributed by atoms with van der Waals surface area (Å²) >= 11 is 0. The molecule has 9 heteroatoms. The van der Waals surface area contributed by atoms with E-state index in [4.69, 9.17) is 9.47 Å². The highest BCUT2D eigenvalue weighted by Crippen LogP contribution is 2.30. The molecule has 0 atom stereocenters. The summed E-state index contributed by atoms with van der Waals surface area (Å²) in [5.41, 5.74) is 3.73. The Morgan fingerprint density at radius 2 is 2.20 bits per heavy atom. The number of halogens is 1. The SMILES string of the molecule is Cc1cccc(COc2cnc(NCc3c(F)ccc4c3CCO4)n3cnnc23)n1. The van der Waals surface area contributed by atoms with Gasteiger partial charge in [0.25, 0.3) is 0 Å². The van der Waals surface area contributed by atoms with Crippen molar-refractivity contribution in [1.29, 1.82) is 0 Å². The first-order valence-electron chi connectivity index (χ1n) is 9.60. The maximum absolute atomic E-state index is 14.4.